The molecular weight excluding hydrogens is 202 g/mol. The van der Waals surface area contributed by atoms with Crippen molar-refractivity contribution in [3.63, 3.8) is 0 Å². The lowest BCUT2D eigenvalue weighted by Crippen LogP contribution is -2.49. The highest BCUT2D eigenvalue weighted by atomic mass is 16.5. The fourth-order valence-electron chi connectivity index (χ4n) is 2.73. The first-order valence-corrected chi connectivity index (χ1v) is 6.44. The van der Waals surface area contributed by atoms with E-state index in [0.717, 1.165) is 38.8 Å². The SMILES string of the molecule is CN(C)CCC1CNCCN2CCOCC12. The maximum Gasteiger partial charge on any atom is 0.0625 e. The minimum absolute atomic E-state index is 0.642. The average Bonchev–Trinajstić information content (AvgIpc) is 2.48. The number of ether oxygens (including phenoxy) is 1. The molecule has 0 radical (unpaired) electrons. The van der Waals surface area contributed by atoms with Crippen LogP contribution in [0.2, 0.25) is 0 Å². The average molecular weight is 227 g/mol. The minimum Gasteiger partial charge on any atom is -0.378 e. The van der Waals surface area contributed by atoms with Crippen LogP contribution in [0.4, 0.5) is 0 Å². The van der Waals surface area contributed by atoms with Gasteiger partial charge in [-0.15, -0.1) is 0 Å². The van der Waals surface area contributed by atoms with Gasteiger partial charge in [-0.2, -0.15) is 0 Å². The fourth-order valence-corrected chi connectivity index (χ4v) is 2.73. The first kappa shape index (κ1) is 12.3. The second kappa shape index (κ2) is 5.96. The molecule has 2 unspecified atom stereocenters. The van der Waals surface area contributed by atoms with E-state index in [2.05, 4.69) is 29.2 Å². The molecule has 1 N–H and O–H groups in total. The van der Waals surface area contributed by atoms with Crippen molar-refractivity contribution in [1.82, 2.24) is 15.1 Å². The van der Waals surface area contributed by atoms with Gasteiger partial charge >= 0.3 is 0 Å². The molecule has 16 heavy (non-hydrogen) atoms. The predicted octanol–water partition coefficient (Wildman–Crippen LogP) is -0.142. The van der Waals surface area contributed by atoms with E-state index in [4.69, 9.17) is 4.74 Å². The summed E-state index contributed by atoms with van der Waals surface area (Å²) in [6, 6.07) is 0.642. The smallest absolute Gasteiger partial charge is 0.0625 e. The van der Waals surface area contributed by atoms with Crippen LogP contribution in [0.25, 0.3) is 0 Å². The number of nitrogens with zero attached hydrogens (tertiary/aromatic N) is 2. The molecular formula is C12H25N3O. The second-order valence-electron chi connectivity index (χ2n) is 5.23. The van der Waals surface area contributed by atoms with E-state index in [1.54, 1.807) is 0 Å². The van der Waals surface area contributed by atoms with Gasteiger partial charge in [0.25, 0.3) is 0 Å². The summed E-state index contributed by atoms with van der Waals surface area (Å²) in [5.74, 6) is 0.741. The maximum atomic E-state index is 5.65. The Morgan fingerprint density at radius 2 is 2.25 bits per heavy atom. The summed E-state index contributed by atoms with van der Waals surface area (Å²) in [6.07, 6.45) is 1.27. The lowest BCUT2D eigenvalue weighted by molar-refractivity contribution is -0.0240. The third-order valence-corrected chi connectivity index (χ3v) is 3.75. The van der Waals surface area contributed by atoms with E-state index in [9.17, 15) is 0 Å². The fraction of sp³-hybridized carbons (Fsp3) is 1.00. The molecule has 4 heteroatoms. The first-order chi connectivity index (χ1) is 7.77. The molecule has 0 bridgehead atoms. The van der Waals surface area contributed by atoms with Crippen LogP contribution >= 0.6 is 0 Å². The summed E-state index contributed by atoms with van der Waals surface area (Å²) in [4.78, 5) is 4.89. The third kappa shape index (κ3) is 3.17. The topological polar surface area (TPSA) is 27.7 Å². The Balaban J connectivity index is 1.91. The van der Waals surface area contributed by atoms with Gasteiger partial charge in [-0.25, -0.2) is 0 Å². The van der Waals surface area contributed by atoms with E-state index >= 15 is 0 Å². The maximum absolute atomic E-state index is 5.65. The molecule has 2 heterocycles. The molecule has 0 amide bonds. The van der Waals surface area contributed by atoms with Crippen molar-refractivity contribution in [2.75, 3.05) is 60.0 Å². The van der Waals surface area contributed by atoms with Gasteiger partial charge in [0, 0.05) is 25.7 Å². The highest BCUT2D eigenvalue weighted by Gasteiger charge is 2.31. The Morgan fingerprint density at radius 1 is 1.38 bits per heavy atom. The zero-order valence-corrected chi connectivity index (χ0v) is 10.6. The van der Waals surface area contributed by atoms with Gasteiger partial charge in [-0.3, -0.25) is 4.90 Å². The third-order valence-electron chi connectivity index (χ3n) is 3.75. The van der Waals surface area contributed by atoms with Crippen molar-refractivity contribution in [3.05, 3.63) is 0 Å². The number of rotatable bonds is 3. The van der Waals surface area contributed by atoms with Crippen molar-refractivity contribution in [2.45, 2.75) is 12.5 Å². The van der Waals surface area contributed by atoms with Crippen molar-refractivity contribution in [3.8, 4) is 0 Å². The molecule has 2 atom stereocenters. The van der Waals surface area contributed by atoms with Crippen LogP contribution in [0.15, 0.2) is 0 Å². The molecule has 0 spiro atoms. The molecule has 0 aromatic rings. The van der Waals surface area contributed by atoms with Crippen molar-refractivity contribution >= 4 is 0 Å². The van der Waals surface area contributed by atoms with Crippen molar-refractivity contribution < 1.29 is 4.74 Å². The number of hydrogen-bond acceptors (Lipinski definition) is 4. The van der Waals surface area contributed by atoms with Gasteiger partial charge < -0.3 is 15.0 Å². The summed E-state index contributed by atoms with van der Waals surface area (Å²) in [6.45, 7) is 7.61. The molecule has 2 fully saturated rings. The van der Waals surface area contributed by atoms with Gasteiger partial charge in [-0.1, -0.05) is 0 Å². The molecule has 2 aliphatic heterocycles. The zero-order chi connectivity index (χ0) is 11.4. The van der Waals surface area contributed by atoms with Crippen molar-refractivity contribution in [2.24, 2.45) is 5.92 Å². The Bertz CT molecular complexity index is 210. The number of morpholine rings is 1. The van der Waals surface area contributed by atoms with E-state index in [1.807, 2.05) is 0 Å². The molecule has 0 aliphatic carbocycles. The summed E-state index contributed by atoms with van der Waals surface area (Å²) >= 11 is 0. The summed E-state index contributed by atoms with van der Waals surface area (Å²) in [5, 5.41) is 3.56. The molecule has 94 valence electrons. The summed E-state index contributed by atoms with van der Waals surface area (Å²) < 4.78 is 5.65. The van der Waals surface area contributed by atoms with E-state index in [1.165, 1.54) is 19.5 Å². The highest BCUT2D eigenvalue weighted by Crippen LogP contribution is 2.20. The molecule has 0 saturated carbocycles. The van der Waals surface area contributed by atoms with Gasteiger partial charge in [-0.05, 0) is 39.5 Å². The summed E-state index contributed by atoms with van der Waals surface area (Å²) in [7, 11) is 4.30. The van der Waals surface area contributed by atoms with Gasteiger partial charge in [0.2, 0.25) is 0 Å². The van der Waals surface area contributed by atoms with Crippen LogP contribution < -0.4 is 5.32 Å². The van der Waals surface area contributed by atoms with Crippen LogP contribution in [-0.2, 0) is 4.74 Å². The Kier molecular flexibility index (Phi) is 4.58. The molecule has 2 rings (SSSR count). The lowest BCUT2D eigenvalue weighted by Gasteiger charge is -2.38. The quantitative estimate of drug-likeness (QED) is 0.726. The first-order valence-electron chi connectivity index (χ1n) is 6.44. The van der Waals surface area contributed by atoms with Gasteiger partial charge in [0.1, 0.15) is 0 Å². The van der Waals surface area contributed by atoms with Crippen LogP contribution in [0, 0.1) is 5.92 Å². The van der Waals surface area contributed by atoms with Crippen LogP contribution in [0.5, 0.6) is 0 Å². The van der Waals surface area contributed by atoms with Crippen LogP contribution in [-0.4, -0.2) is 75.9 Å². The largest absolute Gasteiger partial charge is 0.378 e. The molecule has 2 aliphatic rings. The Hall–Kier alpha value is -0.160. The standard InChI is InChI=1S/C12H25N3O/c1-14(2)5-3-11-9-13-4-6-15-7-8-16-10-12(11)15/h11-13H,3-10H2,1-2H3. The predicted molar refractivity (Wildman–Crippen MR) is 65.7 cm³/mol. The normalized spacial score (nSPS) is 32.4. The number of hydrogen-bond donors (Lipinski definition) is 1. The lowest BCUT2D eigenvalue weighted by atomic mass is 9.94. The van der Waals surface area contributed by atoms with Crippen LogP contribution in [0.3, 0.4) is 0 Å². The Morgan fingerprint density at radius 3 is 3.06 bits per heavy atom. The van der Waals surface area contributed by atoms with Gasteiger partial charge in [0.05, 0.1) is 13.2 Å². The Labute approximate surface area is 98.9 Å². The zero-order valence-electron chi connectivity index (χ0n) is 10.6. The van der Waals surface area contributed by atoms with Gasteiger partial charge in [0.15, 0.2) is 0 Å². The summed E-state index contributed by atoms with van der Waals surface area (Å²) in [5.41, 5.74) is 0. The molecule has 2 saturated heterocycles. The molecule has 4 nitrogen and oxygen atoms in total. The van der Waals surface area contributed by atoms with Crippen molar-refractivity contribution in [1.29, 1.82) is 0 Å². The van der Waals surface area contributed by atoms with E-state index < -0.39 is 0 Å². The number of nitrogens with one attached hydrogen (secondary N) is 1. The van der Waals surface area contributed by atoms with Crippen LogP contribution in [0.1, 0.15) is 6.42 Å². The highest BCUT2D eigenvalue weighted by molar-refractivity contribution is 4.86. The number of fused-ring (bicyclic) bond motifs is 1. The second-order valence-corrected chi connectivity index (χ2v) is 5.23. The van der Waals surface area contributed by atoms with E-state index in [0.29, 0.717) is 6.04 Å². The van der Waals surface area contributed by atoms with E-state index in [-0.39, 0.29) is 0 Å². The molecule has 0 aromatic heterocycles. The minimum atomic E-state index is 0.642. The monoisotopic (exact) mass is 227 g/mol. The molecule has 0 aromatic carbocycles.